The molecule has 32 heavy (non-hydrogen) atoms. The number of anilines is 1. The van der Waals surface area contributed by atoms with Crippen molar-refractivity contribution >= 4 is 23.0 Å². The van der Waals surface area contributed by atoms with Gasteiger partial charge < -0.3 is 9.32 Å². The number of halogens is 4. The molecule has 3 aromatic rings. The molecule has 12 heteroatoms. The fourth-order valence-corrected chi connectivity index (χ4v) is 3.60. The first-order chi connectivity index (χ1) is 15.2. The molecule has 0 spiro atoms. The Labute approximate surface area is 185 Å². The molecule has 0 radical (unpaired) electrons. The zero-order valence-corrected chi connectivity index (χ0v) is 17.3. The topological polar surface area (TPSA) is 88.5 Å². The zero-order valence-electron chi connectivity index (χ0n) is 16.5. The van der Waals surface area contributed by atoms with Crippen molar-refractivity contribution < 1.29 is 22.5 Å². The van der Waals surface area contributed by atoms with Gasteiger partial charge in [0.2, 0.25) is 11.8 Å². The minimum atomic E-state index is -4.64. The third kappa shape index (κ3) is 4.83. The van der Waals surface area contributed by atoms with Crippen molar-refractivity contribution in [2.75, 3.05) is 31.1 Å². The van der Waals surface area contributed by atoms with Gasteiger partial charge in [0.15, 0.2) is 0 Å². The lowest BCUT2D eigenvalue weighted by molar-refractivity contribution is -0.384. The Hall–Kier alpha value is -3.18. The van der Waals surface area contributed by atoms with Gasteiger partial charge in [-0.1, -0.05) is 11.6 Å². The maximum absolute atomic E-state index is 12.9. The van der Waals surface area contributed by atoms with E-state index in [9.17, 15) is 23.3 Å². The van der Waals surface area contributed by atoms with Crippen LogP contribution >= 0.6 is 11.6 Å². The van der Waals surface area contributed by atoms with Gasteiger partial charge in [-0.2, -0.15) is 13.2 Å². The molecule has 1 aliphatic rings. The Morgan fingerprint density at radius 2 is 1.75 bits per heavy atom. The van der Waals surface area contributed by atoms with Crippen molar-refractivity contribution in [3.05, 3.63) is 69.1 Å². The van der Waals surface area contributed by atoms with Gasteiger partial charge in [-0.25, -0.2) is 0 Å². The Bertz CT molecular complexity index is 1110. The highest BCUT2D eigenvalue weighted by Gasteiger charge is 2.34. The molecule has 0 aliphatic carbocycles. The van der Waals surface area contributed by atoms with Gasteiger partial charge in [0.25, 0.3) is 5.69 Å². The van der Waals surface area contributed by atoms with Crippen LogP contribution in [-0.4, -0.2) is 46.2 Å². The minimum Gasteiger partial charge on any atom is -0.419 e. The number of hydrogen-bond donors (Lipinski definition) is 0. The number of piperazine rings is 1. The normalized spacial score (nSPS) is 15.2. The van der Waals surface area contributed by atoms with Crippen LogP contribution in [0.2, 0.25) is 5.02 Å². The molecule has 0 atom stereocenters. The summed E-state index contributed by atoms with van der Waals surface area (Å²) in [6.07, 6.45) is -4.64. The fraction of sp³-hybridized carbons (Fsp3) is 0.300. The second-order valence-corrected chi connectivity index (χ2v) is 7.67. The average Bonchev–Trinajstić information content (AvgIpc) is 3.22. The van der Waals surface area contributed by atoms with E-state index in [0.717, 1.165) is 17.7 Å². The number of alkyl halides is 3. The minimum absolute atomic E-state index is 0.172. The quantitative estimate of drug-likeness (QED) is 0.399. The molecule has 2 heterocycles. The Kier molecular flexibility index (Phi) is 6.02. The van der Waals surface area contributed by atoms with E-state index in [1.807, 2.05) is 4.90 Å². The molecule has 0 bridgehead atoms. The van der Waals surface area contributed by atoms with Gasteiger partial charge in [0.1, 0.15) is 5.69 Å². The van der Waals surface area contributed by atoms with Crippen molar-refractivity contribution in [3.63, 3.8) is 0 Å². The van der Waals surface area contributed by atoms with Crippen LogP contribution in [0.15, 0.2) is 46.9 Å². The summed E-state index contributed by atoms with van der Waals surface area (Å²) < 4.78 is 44.5. The lowest BCUT2D eigenvalue weighted by Crippen LogP contribution is -2.46. The van der Waals surface area contributed by atoms with Crippen LogP contribution in [-0.2, 0) is 12.7 Å². The summed E-state index contributed by atoms with van der Waals surface area (Å²) in [4.78, 5) is 14.3. The van der Waals surface area contributed by atoms with Gasteiger partial charge in [-0.05, 0) is 36.4 Å². The summed E-state index contributed by atoms with van der Waals surface area (Å²) >= 11 is 5.88. The highest BCUT2D eigenvalue weighted by Crippen LogP contribution is 2.36. The second kappa shape index (κ2) is 8.75. The Balaban J connectivity index is 1.41. The molecule has 0 N–H and O–H groups in total. The molecule has 8 nitrogen and oxygen atoms in total. The van der Waals surface area contributed by atoms with Crippen LogP contribution in [0.1, 0.15) is 11.5 Å². The van der Waals surface area contributed by atoms with Gasteiger partial charge in [0, 0.05) is 42.8 Å². The molecule has 4 rings (SSSR count). The predicted molar refractivity (Wildman–Crippen MR) is 110 cm³/mol. The summed E-state index contributed by atoms with van der Waals surface area (Å²) in [5.41, 5.74) is -0.685. The summed E-state index contributed by atoms with van der Waals surface area (Å²) in [5.74, 6) is 0.791. The maximum atomic E-state index is 12.9. The molecule has 1 aromatic heterocycles. The van der Waals surface area contributed by atoms with E-state index in [2.05, 4.69) is 10.2 Å². The SMILES string of the molecule is O=[N+]([O-])c1cc(C(F)(F)F)ccc1N1CCN(Cc2nnc(-c3ccc(Cl)cc3)o2)CC1. The number of nitrogens with zero attached hydrogens (tertiary/aromatic N) is 5. The third-order valence-corrected chi connectivity index (χ3v) is 5.38. The molecule has 1 fully saturated rings. The van der Waals surface area contributed by atoms with E-state index in [4.69, 9.17) is 16.0 Å². The van der Waals surface area contributed by atoms with Gasteiger partial charge >= 0.3 is 6.18 Å². The standard InChI is InChI=1S/C20H17ClF3N5O3/c21-15-4-1-13(2-5-15)19-26-25-18(32-19)12-27-7-9-28(10-8-27)16-6-3-14(20(22,23)24)11-17(16)29(30)31/h1-6,11H,7-10,12H2. The maximum Gasteiger partial charge on any atom is 0.416 e. The second-order valence-electron chi connectivity index (χ2n) is 7.23. The van der Waals surface area contributed by atoms with E-state index in [-0.39, 0.29) is 5.69 Å². The van der Waals surface area contributed by atoms with Crippen LogP contribution in [0.4, 0.5) is 24.5 Å². The van der Waals surface area contributed by atoms with Crippen molar-refractivity contribution in [2.24, 2.45) is 0 Å². The number of nitro benzene ring substituents is 1. The average molecular weight is 468 g/mol. The first-order valence-electron chi connectivity index (χ1n) is 9.62. The molecule has 1 saturated heterocycles. The van der Waals surface area contributed by atoms with Gasteiger partial charge in [-0.15, -0.1) is 10.2 Å². The lowest BCUT2D eigenvalue weighted by Gasteiger charge is -2.35. The van der Waals surface area contributed by atoms with Crippen molar-refractivity contribution in [1.29, 1.82) is 0 Å². The summed E-state index contributed by atoms with van der Waals surface area (Å²) in [6, 6.07) is 9.60. The summed E-state index contributed by atoms with van der Waals surface area (Å²) in [6.45, 7) is 2.26. The molecule has 2 aromatic carbocycles. The van der Waals surface area contributed by atoms with Crippen LogP contribution in [0.25, 0.3) is 11.5 Å². The highest BCUT2D eigenvalue weighted by atomic mass is 35.5. The summed E-state index contributed by atoms with van der Waals surface area (Å²) in [5, 5.41) is 20.0. The third-order valence-electron chi connectivity index (χ3n) is 5.13. The van der Waals surface area contributed by atoms with Crippen LogP contribution in [0.3, 0.4) is 0 Å². The van der Waals surface area contributed by atoms with Gasteiger partial charge in [0.05, 0.1) is 17.0 Å². The van der Waals surface area contributed by atoms with E-state index < -0.39 is 22.4 Å². The number of benzene rings is 2. The Morgan fingerprint density at radius 3 is 2.38 bits per heavy atom. The van der Waals surface area contributed by atoms with Crippen LogP contribution in [0, 0.1) is 10.1 Å². The van der Waals surface area contributed by atoms with Crippen molar-refractivity contribution in [2.45, 2.75) is 12.7 Å². The number of hydrogen-bond acceptors (Lipinski definition) is 7. The molecular formula is C20H17ClF3N5O3. The number of aromatic nitrogens is 2. The van der Waals surface area contributed by atoms with Crippen molar-refractivity contribution in [1.82, 2.24) is 15.1 Å². The van der Waals surface area contributed by atoms with E-state index in [1.165, 1.54) is 0 Å². The molecule has 0 unspecified atom stereocenters. The predicted octanol–water partition coefficient (Wildman–Crippen LogP) is 4.64. The monoisotopic (exact) mass is 467 g/mol. The van der Waals surface area contributed by atoms with Crippen molar-refractivity contribution in [3.8, 4) is 11.5 Å². The van der Waals surface area contributed by atoms with E-state index >= 15 is 0 Å². The number of nitro groups is 1. The number of rotatable bonds is 5. The molecule has 1 aliphatic heterocycles. The van der Waals surface area contributed by atoms with Crippen LogP contribution in [0.5, 0.6) is 0 Å². The van der Waals surface area contributed by atoms with E-state index in [0.29, 0.717) is 55.6 Å². The first kappa shape index (κ1) is 22.0. The fourth-order valence-electron chi connectivity index (χ4n) is 3.48. The zero-order chi connectivity index (χ0) is 22.9. The smallest absolute Gasteiger partial charge is 0.416 e. The largest absolute Gasteiger partial charge is 0.419 e. The lowest BCUT2D eigenvalue weighted by atomic mass is 10.1. The highest BCUT2D eigenvalue weighted by molar-refractivity contribution is 6.30. The van der Waals surface area contributed by atoms with Gasteiger partial charge in [-0.3, -0.25) is 15.0 Å². The van der Waals surface area contributed by atoms with E-state index in [1.54, 1.807) is 29.2 Å². The summed E-state index contributed by atoms with van der Waals surface area (Å²) in [7, 11) is 0. The molecule has 168 valence electrons. The van der Waals surface area contributed by atoms with Crippen LogP contribution < -0.4 is 4.90 Å². The first-order valence-corrected chi connectivity index (χ1v) is 10.00. The Morgan fingerprint density at radius 1 is 1.06 bits per heavy atom. The molecular weight excluding hydrogens is 451 g/mol. The molecule has 0 amide bonds. The molecule has 0 saturated carbocycles.